The molecule has 0 aliphatic carbocycles. The number of carbonyl (C=O) groups excluding carboxylic acids is 1. The Bertz CT molecular complexity index is 844. The third kappa shape index (κ3) is 4.05. The van der Waals surface area contributed by atoms with Crippen molar-refractivity contribution in [3.8, 4) is 22.1 Å². The SMILES string of the molecule is CCC(CC)(CNC(=O)Cc1csc(-c2ccc3c(c2)OCO3)n1)C(=O)O. The molecule has 3 rings (SSSR count). The second-order valence-corrected chi connectivity index (χ2v) is 7.32. The van der Waals surface area contributed by atoms with Crippen molar-refractivity contribution >= 4 is 23.2 Å². The number of thiazole rings is 1. The number of hydrogen-bond acceptors (Lipinski definition) is 6. The van der Waals surface area contributed by atoms with Crippen LogP contribution < -0.4 is 14.8 Å². The average Bonchev–Trinajstić information content (AvgIpc) is 3.31. The Hall–Kier alpha value is -2.61. The van der Waals surface area contributed by atoms with Gasteiger partial charge in [-0.1, -0.05) is 13.8 Å². The molecular formula is C19H22N2O5S. The zero-order chi connectivity index (χ0) is 19.4. The zero-order valence-electron chi connectivity index (χ0n) is 15.3. The van der Waals surface area contributed by atoms with Crippen LogP contribution in [0.1, 0.15) is 32.4 Å². The van der Waals surface area contributed by atoms with Crippen LogP contribution in [0.4, 0.5) is 0 Å². The number of rotatable bonds is 8. The van der Waals surface area contributed by atoms with Crippen molar-refractivity contribution in [2.24, 2.45) is 5.41 Å². The lowest BCUT2D eigenvalue weighted by Gasteiger charge is -2.26. The standard InChI is InChI=1S/C19H22N2O5S/c1-3-19(4-2,18(23)24)10-20-16(22)8-13-9-27-17(21-13)12-5-6-14-15(7-12)26-11-25-14/h5-7,9H,3-4,8,10-11H2,1-2H3,(H,20,22)(H,23,24). The van der Waals surface area contributed by atoms with Crippen molar-refractivity contribution in [3.05, 3.63) is 29.3 Å². The van der Waals surface area contributed by atoms with Crippen LogP contribution in [0.3, 0.4) is 0 Å². The van der Waals surface area contributed by atoms with Gasteiger partial charge in [0.15, 0.2) is 11.5 Å². The molecule has 27 heavy (non-hydrogen) atoms. The highest BCUT2D eigenvalue weighted by Crippen LogP contribution is 2.36. The van der Waals surface area contributed by atoms with E-state index in [0.29, 0.717) is 30.0 Å². The molecule has 0 radical (unpaired) electrons. The van der Waals surface area contributed by atoms with Gasteiger partial charge in [-0.15, -0.1) is 11.3 Å². The van der Waals surface area contributed by atoms with Crippen LogP contribution in [0.25, 0.3) is 10.6 Å². The van der Waals surface area contributed by atoms with Crippen LogP contribution in [-0.2, 0) is 16.0 Å². The Morgan fingerprint density at radius 2 is 2.00 bits per heavy atom. The predicted octanol–water partition coefficient (Wildman–Crippen LogP) is 3.09. The van der Waals surface area contributed by atoms with Crippen LogP contribution in [0.2, 0.25) is 0 Å². The van der Waals surface area contributed by atoms with Gasteiger partial charge in [-0.05, 0) is 31.0 Å². The highest BCUT2D eigenvalue weighted by molar-refractivity contribution is 7.13. The predicted molar refractivity (Wildman–Crippen MR) is 101 cm³/mol. The molecule has 7 nitrogen and oxygen atoms in total. The quantitative estimate of drug-likeness (QED) is 0.719. The molecule has 2 heterocycles. The number of ether oxygens (including phenoxy) is 2. The van der Waals surface area contributed by atoms with E-state index in [1.807, 2.05) is 37.4 Å². The first-order valence-electron chi connectivity index (χ1n) is 8.82. The minimum Gasteiger partial charge on any atom is -0.481 e. The Kier molecular flexibility index (Phi) is 5.65. The molecule has 0 bridgehead atoms. The van der Waals surface area contributed by atoms with E-state index in [1.54, 1.807) is 0 Å². The fourth-order valence-electron chi connectivity index (χ4n) is 2.92. The van der Waals surface area contributed by atoms with Crippen LogP contribution in [0.5, 0.6) is 11.5 Å². The van der Waals surface area contributed by atoms with Crippen molar-refractivity contribution in [1.29, 1.82) is 0 Å². The summed E-state index contributed by atoms with van der Waals surface area (Å²) in [4.78, 5) is 28.3. The number of fused-ring (bicyclic) bond motifs is 1. The van der Waals surface area contributed by atoms with E-state index < -0.39 is 11.4 Å². The minimum absolute atomic E-state index is 0.115. The van der Waals surface area contributed by atoms with E-state index in [1.165, 1.54) is 11.3 Å². The van der Waals surface area contributed by atoms with Crippen molar-refractivity contribution < 1.29 is 24.2 Å². The van der Waals surface area contributed by atoms with Crippen LogP contribution in [-0.4, -0.2) is 35.3 Å². The maximum atomic E-state index is 12.2. The first-order valence-corrected chi connectivity index (χ1v) is 9.70. The fourth-order valence-corrected chi connectivity index (χ4v) is 3.74. The molecule has 2 aromatic rings. The van der Waals surface area contributed by atoms with Crippen molar-refractivity contribution in [3.63, 3.8) is 0 Å². The number of carboxylic acid groups (broad SMARTS) is 1. The maximum absolute atomic E-state index is 12.2. The molecule has 0 unspecified atom stereocenters. The van der Waals surface area contributed by atoms with Crippen LogP contribution in [0, 0.1) is 5.41 Å². The van der Waals surface area contributed by atoms with E-state index in [-0.39, 0.29) is 25.7 Å². The molecule has 1 aromatic heterocycles. The largest absolute Gasteiger partial charge is 0.481 e. The Balaban J connectivity index is 1.62. The third-order valence-corrected chi connectivity index (χ3v) is 5.88. The highest BCUT2D eigenvalue weighted by Gasteiger charge is 2.35. The molecule has 1 aromatic carbocycles. The zero-order valence-corrected chi connectivity index (χ0v) is 16.1. The number of nitrogens with one attached hydrogen (secondary N) is 1. The fraction of sp³-hybridized carbons (Fsp3) is 0.421. The number of hydrogen-bond donors (Lipinski definition) is 2. The molecule has 0 atom stereocenters. The topological polar surface area (TPSA) is 97.8 Å². The Morgan fingerprint density at radius 1 is 1.26 bits per heavy atom. The van der Waals surface area contributed by atoms with Crippen LogP contribution >= 0.6 is 11.3 Å². The first kappa shape index (κ1) is 19.2. The summed E-state index contributed by atoms with van der Waals surface area (Å²) in [5.74, 6) is 0.284. The Labute approximate surface area is 161 Å². The van der Waals surface area contributed by atoms with Gasteiger partial charge in [-0.2, -0.15) is 0 Å². The van der Waals surface area contributed by atoms with E-state index in [4.69, 9.17) is 9.47 Å². The number of nitrogens with zero attached hydrogens (tertiary/aromatic N) is 1. The lowest BCUT2D eigenvalue weighted by atomic mass is 9.82. The summed E-state index contributed by atoms with van der Waals surface area (Å²) in [6.45, 7) is 3.98. The van der Waals surface area contributed by atoms with Crippen molar-refractivity contribution in [2.45, 2.75) is 33.1 Å². The maximum Gasteiger partial charge on any atom is 0.311 e. The summed E-state index contributed by atoms with van der Waals surface area (Å²) in [7, 11) is 0. The first-order chi connectivity index (χ1) is 13.0. The van der Waals surface area contributed by atoms with Crippen molar-refractivity contribution in [1.82, 2.24) is 10.3 Å². The molecule has 8 heteroatoms. The lowest BCUT2D eigenvalue weighted by molar-refractivity contribution is -0.149. The number of benzene rings is 1. The number of carbonyl (C=O) groups is 2. The average molecular weight is 390 g/mol. The van der Waals surface area contributed by atoms with E-state index in [2.05, 4.69) is 10.3 Å². The second kappa shape index (κ2) is 7.96. The normalized spacial score (nSPS) is 12.8. The molecule has 1 amide bonds. The molecule has 1 aliphatic rings. The lowest BCUT2D eigenvalue weighted by Crippen LogP contribution is -2.42. The van der Waals surface area contributed by atoms with Gasteiger partial charge in [0.25, 0.3) is 0 Å². The molecule has 2 N–H and O–H groups in total. The van der Waals surface area contributed by atoms with Gasteiger partial charge >= 0.3 is 5.97 Å². The minimum atomic E-state index is -0.921. The van der Waals surface area contributed by atoms with Gasteiger partial charge in [0.1, 0.15) is 5.01 Å². The van der Waals surface area contributed by atoms with E-state index in [0.717, 1.165) is 10.6 Å². The van der Waals surface area contributed by atoms with E-state index >= 15 is 0 Å². The molecule has 0 spiro atoms. The highest BCUT2D eigenvalue weighted by atomic mass is 32.1. The summed E-state index contributed by atoms with van der Waals surface area (Å²) in [5, 5.41) is 14.8. The summed E-state index contributed by atoms with van der Waals surface area (Å²) in [5.41, 5.74) is 0.631. The number of aliphatic carboxylic acids is 1. The molecule has 1 aliphatic heterocycles. The second-order valence-electron chi connectivity index (χ2n) is 6.46. The summed E-state index contributed by atoms with van der Waals surface area (Å²) < 4.78 is 10.7. The van der Waals surface area contributed by atoms with Gasteiger partial charge in [-0.25, -0.2) is 4.98 Å². The van der Waals surface area contributed by atoms with Gasteiger partial charge in [0.05, 0.1) is 17.5 Å². The monoisotopic (exact) mass is 390 g/mol. The summed E-state index contributed by atoms with van der Waals surface area (Å²) in [6.07, 6.45) is 1.04. The third-order valence-electron chi connectivity index (χ3n) is 4.94. The summed E-state index contributed by atoms with van der Waals surface area (Å²) >= 11 is 1.45. The van der Waals surface area contributed by atoms with Gasteiger partial charge < -0.3 is 19.9 Å². The Morgan fingerprint density at radius 3 is 2.70 bits per heavy atom. The number of amides is 1. The van der Waals surface area contributed by atoms with Crippen LogP contribution in [0.15, 0.2) is 23.6 Å². The van der Waals surface area contributed by atoms with Crippen molar-refractivity contribution in [2.75, 3.05) is 13.3 Å². The van der Waals surface area contributed by atoms with Gasteiger partial charge in [0, 0.05) is 17.5 Å². The molecule has 0 saturated heterocycles. The van der Waals surface area contributed by atoms with Gasteiger partial charge in [-0.3, -0.25) is 9.59 Å². The summed E-state index contributed by atoms with van der Waals surface area (Å²) in [6, 6.07) is 5.61. The van der Waals surface area contributed by atoms with E-state index in [9.17, 15) is 14.7 Å². The molecule has 0 saturated carbocycles. The molecular weight excluding hydrogens is 368 g/mol. The number of carboxylic acids is 1. The molecule has 0 fully saturated rings. The van der Waals surface area contributed by atoms with Gasteiger partial charge in [0.2, 0.25) is 12.7 Å². The number of aromatic nitrogens is 1. The molecule has 144 valence electrons. The smallest absolute Gasteiger partial charge is 0.311 e.